The van der Waals surface area contributed by atoms with Gasteiger partial charge in [0.1, 0.15) is 6.04 Å². The van der Waals surface area contributed by atoms with Gasteiger partial charge < -0.3 is 10.2 Å². The number of aryl methyl sites for hydroxylation is 1. The van der Waals surface area contributed by atoms with Crippen LogP contribution >= 0.6 is 11.8 Å². The molecule has 35 heavy (non-hydrogen) atoms. The average Bonchev–Trinajstić information content (AvgIpc) is 2.87. The van der Waals surface area contributed by atoms with Crippen molar-refractivity contribution in [2.45, 2.75) is 51.4 Å². The standard InChI is InChI=1S/C30H36N2O2S/c1-3-4-18-31-30(34)28(20-25-13-7-5-8-14-25)32(21-26-15-9-6-10-16-26)29(33)23-35-22-27-17-11-12-24(2)19-27/h5-17,19,28H,3-4,18,20-23H2,1-2H3,(H,31,34)/t28-/m1/s1. The van der Waals surface area contributed by atoms with Crippen LogP contribution in [0.3, 0.4) is 0 Å². The summed E-state index contributed by atoms with van der Waals surface area (Å²) in [5.41, 5.74) is 4.48. The van der Waals surface area contributed by atoms with Crippen molar-refractivity contribution in [3.63, 3.8) is 0 Å². The summed E-state index contributed by atoms with van der Waals surface area (Å²) in [7, 11) is 0. The zero-order chi connectivity index (χ0) is 24.9. The van der Waals surface area contributed by atoms with Crippen molar-refractivity contribution in [2.24, 2.45) is 0 Å². The third-order valence-corrected chi connectivity index (χ3v) is 6.86. The van der Waals surface area contributed by atoms with Gasteiger partial charge in [0.15, 0.2) is 0 Å². The highest BCUT2D eigenvalue weighted by Crippen LogP contribution is 2.19. The largest absolute Gasteiger partial charge is 0.354 e. The third kappa shape index (κ3) is 8.91. The summed E-state index contributed by atoms with van der Waals surface area (Å²) in [6.07, 6.45) is 2.41. The summed E-state index contributed by atoms with van der Waals surface area (Å²) in [5.74, 6) is 0.987. The molecule has 3 rings (SSSR count). The van der Waals surface area contributed by atoms with E-state index in [0.717, 1.165) is 29.7 Å². The molecule has 4 nitrogen and oxygen atoms in total. The molecular weight excluding hydrogens is 452 g/mol. The Morgan fingerprint density at radius 3 is 2.20 bits per heavy atom. The first-order valence-electron chi connectivity index (χ1n) is 12.3. The lowest BCUT2D eigenvalue weighted by Gasteiger charge is -2.31. The molecule has 0 aromatic heterocycles. The maximum absolute atomic E-state index is 13.6. The molecule has 5 heteroatoms. The lowest BCUT2D eigenvalue weighted by molar-refractivity contribution is -0.139. The summed E-state index contributed by atoms with van der Waals surface area (Å²) in [6, 6.07) is 27.7. The van der Waals surface area contributed by atoms with E-state index in [4.69, 9.17) is 0 Å². The summed E-state index contributed by atoms with van der Waals surface area (Å²) >= 11 is 1.60. The van der Waals surface area contributed by atoms with Gasteiger partial charge in [-0.05, 0) is 30.0 Å². The molecule has 0 heterocycles. The Kier molecular flexibility index (Phi) is 10.9. The minimum Gasteiger partial charge on any atom is -0.354 e. The summed E-state index contributed by atoms with van der Waals surface area (Å²) in [6.45, 7) is 5.20. The first-order valence-corrected chi connectivity index (χ1v) is 13.5. The van der Waals surface area contributed by atoms with Crippen molar-refractivity contribution in [1.29, 1.82) is 0 Å². The van der Waals surface area contributed by atoms with E-state index in [0.29, 0.717) is 25.3 Å². The quantitative estimate of drug-likeness (QED) is 0.310. The van der Waals surface area contributed by atoms with Gasteiger partial charge in [0.25, 0.3) is 0 Å². The molecule has 0 spiro atoms. The average molecular weight is 489 g/mol. The smallest absolute Gasteiger partial charge is 0.243 e. The first-order chi connectivity index (χ1) is 17.1. The number of nitrogens with one attached hydrogen (secondary N) is 1. The fraction of sp³-hybridized carbons (Fsp3) is 0.333. The number of rotatable bonds is 13. The monoisotopic (exact) mass is 488 g/mol. The Bertz CT molecular complexity index is 1060. The SMILES string of the molecule is CCCCNC(=O)[C@@H](Cc1ccccc1)N(Cc1ccccc1)C(=O)CSCc1cccc(C)c1. The Morgan fingerprint density at radius 1 is 0.886 bits per heavy atom. The summed E-state index contributed by atoms with van der Waals surface area (Å²) < 4.78 is 0. The summed E-state index contributed by atoms with van der Waals surface area (Å²) in [4.78, 5) is 28.7. The Hall–Kier alpha value is -3.05. The van der Waals surface area contributed by atoms with Crippen LogP contribution in [0.2, 0.25) is 0 Å². The van der Waals surface area contributed by atoms with Crippen molar-refractivity contribution in [2.75, 3.05) is 12.3 Å². The minimum absolute atomic E-state index is 0.0157. The number of hydrogen-bond acceptors (Lipinski definition) is 3. The van der Waals surface area contributed by atoms with Gasteiger partial charge in [-0.25, -0.2) is 0 Å². The Balaban J connectivity index is 1.80. The van der Waals surface area contributed by atoms with E-state index in [1.54, 1.807) is 16.7 Å². The molecule has 0 bridgehead atoms. The highest BCUT2D eigenvalue weighted by molar-refractivity contribution is 7.99. The molecule has 1 N–H and O–H groups in total. The molecule has 0 radical (unpaired) electrons. The van der Waals surface area contributed by atoms with Gasteiger partial charge in [0, 0.05) is 25.3 Å². The van der Waals surface area contributed by atoms with Gasteiger partial charge >= 0.3 is 0 Å². The number of unbranched alkanes of at least 4 members (excludes halogenated alkanes) is 1. The predicted molar refractivity (Wildman–Crippen MR) is 146 cm³/mol. The van der Waals surface area contributed by atoms with Crippen molar-refractivity contribution in [3.05, 3.63) is 107 Å². The van der Waals surface area contributed by atoms with E-state index in [1.165, 1.54) is 11.1 Å². The van der Waals surface area contributed by atoms with Crippen molar-refractivity contribution in [3.8, 4) is 0 Å². The highest BCUT2D eigenvalue weighted by atomic mass is 32.2. The maximum atomic E-state index is 13.6. The van der Waals surface area contributed by atoms with Crippen LogP contribution in [0.4, 0.5) is 0 Å². The van der Waals surface area contributed by atoms with Crippen molar-refractivity contribution in [1.82, 2.24) is 10.2 Å². The molecule has 0 aliphatic rings. The van der Waals surface area contributed by atoms with E-state index >= 15 is 0 Å². The van der Waals surface area contributed by atoms with Crippen LogP contribution in [-0.4, -0.2) is 35.1 Å². The second-order valence-corrected chi connectivity index (χ2v) is 9.82. The fourth-order valence-corrected chi connectivity index (χ4v) is 4.84. The minimum atomic E-state index is -0.568. The molecule has 0 fully saturated rings. The van der Waals surface area contributed by atoms with Gasteiger partial charge in [-0.1, -0.05) is 104 Å². The molecule has 2 amide bonds. The molecule has 3 aromatic rings. The van der Waals surface area contributed by atoms with Crippen LogP contribution in [0.1, 0.15) is 42.0 Å². The maximum Gasteiger partial charge on any atom is 0.243 e. The van der Waals surface area contributed by atoms with Crippen LogP contribution < -0.4 is 5.32 Å². The van der Waals surface area contributed by atoms with Crippen LogP contribution in [0, 0.1) is 6.92 Å². The van der Waals surface area contributed by atoms with E-state index in [-0.39, 0.29) is 11.8 Å². The molecule has 0 aliphatic carbocycles. The fourth-order valence-electron chi connectivity index (χ4n) is 3.98. The lowest BCUT2D eigenvalue weighted by atomic mass is 10.0. The highest BCUT2D eigenvalue weighted by Gasteiger charge is 2.30. The predicted octanol–water partition coefficient (Wildman–Crippen LogP) is 5.78. The Labute approximate surface area is 214 Å². The van der Waals surface area contributed by atoms with Crippen molar-refractivity contribution >= 4 is 23.6 Å². The topological polar surface area (TPSA) is 49.4 Å². The van der Waals surface area contributed by atoms with Gasteiger partial charge in [-0.3, -0.25) is 9.59 Å². The van der Waals surface area contributed by atoms with Gasteiger partial charge in [0.2, 0.25) is 11.8 Å². The molecule has 3 aromatic carbocycles. The molecule has 0 aliphatic heterocycles. The molecule has 1 atom stereocenters. The number of thioether (sulfide) groups is 1. The number of nitrogens with zero attached hydrogens (tertiary/aromatic N) is 1. The number of benzene rings is 3. The van der Waals surface area contributed by atoms with Gasteiger partial charge in [-0.15, -0.1) is 11.8 Å². The van der Waals surface area contributed by atoms with Crippen LogP contribution in [-0.2, 0) is 28.3 Å². The number of hydrogen-bond donors (Lipinski definition) is 1. The normalized spacial score (nSPS) is 11.6. The molecule has 0 saturated heterocycles. The van der Waals surface area contributed by atoms with Gasteiger partial charge in [0.05, 0.1) is 5.75 Å². The van der Waals surface area contributed by atoms with E-state index in [2.05, 4.69) is 37.4 Å². The molecular formula is C30H36N2O2S. The lowest BCUT2D eigenvalue weighted by Crippen LogP contribution is -2.51. The molecule has 0 saturated carbocycles. The zero-order valence-corrected chi connectivity index (χ0v) is 21.6. The van der Waals surface area contributed by atoms with Crippen LogP contribution in [0.5, 0.6) is 0 Å². The Morgan fingerprint density at radius 2 is 1.54 bits per heavy atom. The molecule has 0 unspecified atom stereocenters. The van der Waals surface area contributed by atoms with E-state index in [9.17, 15) is 9.59 Å². The number of amides is 2. The summed E-state index contributed by atoms with van der Waals surface area (Å²) in [5, 5.41) is 3.07. The number of carbonyl (C=O) groups excluding carboxylic acids is 2. The van der Waals surface area contributed by atoms with E-state index < -0.39 is 6.04 Å². The zero-order valence-electron chi connectivity index (χ0n) is 20.8. The van der Waals surface area contributed by atoms with Crippen molar-refractivity contribution < 1.29 is 9.59 Å². The first kappa shape index (κ1) is 26.6. The van der Waals surface area contributed by atoms with Crippen LogP contribution in [0.25, 0.3) is 0 Å². The molecule has 184 valence electrons. The third-order valence-electron chi connectivity index (χ3n) is 5.87. The van der Waals surface area contributed by atoms with Gasteiger partial charge in [-0.2, -0.15) is 0 Å². The second-order valence-electron chi connectivity index (χ2n) is 8.84. The van der Waals surface area contributed by atoms with Crippen LogP contribution in [0.15, 0.2) is 84.9 Å². The van der Waals surface area contributed by atoms with E-state index in [1.807, 2.05) is 66.7 Å². The second kappa shape index (κ2) is 14.4. The number of carbonyl (C=O) groups is 2.